The van der Waals surface area contributed by atoms with Crippen LogP contribution in [-0.2, 0) is 6.42 Å². The van der Waals surface area contributed by atoms with Crippen LogP contribution in [-0.4, -0.2) is 44.0 Å². The summed E-state index contributed by atoms with van der Waals surface area (Å²) >= 11 is 0. The second-order valence-corrected chi connectivity index (χ2v) is 7.84. The average Bonchev–Trinajstić information content (AvgIpc) is 3.33. The third kappa shape index (κ3) is 3.72. The van der Waals surface area contributed by atoms with Crippen LogP contribution in [0.25, 0.3) is 0 Å². The van der Waals surface area contributed by atoms with Gasteiger partial charge in [0, 0.05) is 31.4 Å². The van der Waals surface area contributed by atoms with Crippen molar-refractivity contribution in [2.24, 2.45) is 0 Å². The Balaban J connectivity index is 1.53. The molecule has 1 atom stereocenters. The zero-order chi connectivity index (χ0) is 18.8. The number of aryl methyl sites for hydroxylation is 1. The summed E-state index contributed by atoms with van der Waals surface area (Å²) in [5, 5.41) is 3.20. The Morgan fingerprint density at radius 2 is 1.89 bits per heavy atom. The lowest BCUT2D eigenvalue weighted by molar-refractivity contribution is 0.0937. The van der Waals surface area contributed by atoms with E-state index in [-0.39, 0.29) is 11.9 Å². The fraction of sp³-hybridized carbons (Fsp3) is 0.435. The number of anilines is 1. The molecule has 2 aliphatic heterocycles. The fourth-order valence-electron chi connectivity index (χ4n) is 4.42. The van der Waals surface area contributed by atoms with Crippen LogP contribution in [0.5, 0.6) is 0 Å². The smallest absolute Gasteiger partial charge is 0.251 e. The molecule has 2 aliphatic rings. The molecule has 2 aromatic rings. The highest BCUT2D eigenvalue weighted by atomic mass is 16.1. The first kappa shape index (κ1) is 18.1. The first-order chi connectivity index (χ1) is 13.1. The summed E-state index contributed by atoms with van der Waals surface area (Å²) in [5.74, 6) is 0.0261. The summed E-state index contributed by atoms with van der Waals surface area (Å²) in [6, 6.07) is 14.9. The molecule has 1 N–H and O–H groups in total. The van der Waals surface area contributed by atoms with Crippen LogP contribution in [0.2, 0.25) is 0 Å². The zero-order valence-electron chi connectivity index (χ0n) is 16.4. The van der Waals surface area contributed by atoms with E-state index in [9.17, 15) is 4.79 Å². The van der Waals surface area contributed by atoms with Crippen molar-refractivity contribution in [3.63, 3.8) is 0 Å². The van der Waals surface area contributed by atoms with Gasteiger partial charge in [0.1, 0.15) is 0 Å². The number of amides is 1. The van der Waals surface area contributed by atoms with Crippen LogP contribution >= 0.6 is 0 Å². The van der Waals surface area contributed by atoms with Gasteiger partial charge in [-0.3, -0.25) is 9.69 Å². The molecule has 4 rings (SSSR count). The van der Waals surface area contributed by atoms with Gasteiger partial charge in [-0.25, -0.2) is 0 Å². The first-order valence-electron chi connectivity index (χ1n) is 10.1. The highest BCUT2D eigenvalue weighted by molar-refractivity contribution is 5.95. The normalized spacial score (nSPS) is 17.8. The van der Waals surface area contributed by atoms with Gasteiger partial charge in [-0.05, 0) is 68.1 Å². The molecule has 1 fully saturated rings. The minimum Gasteiger partial charge on any atom is -0.374 e. The lowest BCUT2D eigenvalue weighted by Crippen LogP contribution is -2.37. The van der Waals surface area contributed by atoms with Gasteiger partial charge in [-0.2, -0.15) is 0 Å². The third-order valence-electron chi connectivity index (χ3n) is 6.04. The molecule has 4 nitrogen and oxygen atoms in total. The second kappa shape index (κ2) is 7.73. The molecule has 0 spiro atoms. The number of carbonyl (C=O) groups excluding carboxylic acids is 1. The van der Waals surface area contributed by atoms with Gasteiger partial charge in [0.25, 0.3) is 5.91 Å². The number of carbonyl (C=O) groups is 1. The minimum absolute atomic E-state index is 0.0261. The Hall–Kier alpha value is -2.33. The molecule has 0 aromatic heterocycles. The van der Waals surface area contributed by atoms with Gasteiger partial charge in [-0.1, -0.05) is 30.3 Å². The van der Waals surface area contributed by atoms with Gasteiger partial charge in [0.05, 0.1) is 6.04 Å². The lowest BCUT2D eigenvalue weighted by Gasteiger charge is -2.29. The Labute approximate surface area is 162 Å². The molecule has 4 heteroatoms. The number of nitrogens with zero attached hydrogens (tertiary/aromatic N) is 2. The van der Waals surface area contributed by atoms with E-state index in [1.807, 2.05) is 31.2 Å². The molecule has 0 radical (unpaired) electrons. The molecular weight excluding hydrogens is 334 g/mol. The average molecular weight is 364 g/mol. The van der Waals surface area contributed by atoms with E-state index in [1.54, 1.807) is 0 Å². The van der Waals surface area contributed by atoms with Crippen molar-refractivity contribution < 1.29 is 4.79 Å². The Morgan fingerprint density at radius 1 is 1.11 bits per heavy atom. The van der Waals surface area contributed by atoms with Crippen LogP contribution in [0.1, 0.15) is 45.9 Å². The molecular formula is C23H29N3O. The number of likely N-dealkylation sites (tertiary alicyclic amines) is 1. The van der Waals surface area contributed by atoms with E-state index < -0.39 is 0 Å². The van der Waals surface area contributed by atoms with E-state index in [0.29, 0.717) is 6.54 Å². The van der Waals surface area contributed by atoms with E-state index in [2.05, 4.69) is 40.4 Å². The van der Waals surface area contributed by atoms with Crippen LogP contribution in [0, 0.1) is 6.92 Å². The van der Waals surface area contributed by atoms with Gasteiger partial charge >= 0.3 is 0 Å². The van der Waals surface area contributed by atoms with Crippen molar-refractivity contribution in [3.8, 4) is 0 Å². The largest absolute Gasteiger partial charge is 0.374 e. The molecule has 0 saturated carbocycles. The van der Waals surface area contributed by atoms with E-state index in [1.165, 1.54) is 29.7 Å². The quantitative estimate of drug-likeness (QED) is 0.882. The molecule has 2 aromatic carbocycles. The molecule has 2 heterocycles. The number of likely N-dealkylation sites (N-methyl/N-ethyl adjacent to an activating group) is 1. The Bertz CT molecular complexity index is 826. The monoisotopic (exact) mass is 363 g/mol. The number of hydrogen-bond acceptors (Lipinski definition) is 3. The summed E-state index contributed by atoms with van der Waals surface area (Å²) in [6.07, 6.45) is 3.60. The Kier molecular flexibility index (Phi) is 5.17. The predicted octanol–water partition coefficient (Wildman–Crippen LogP) is 3.55. The summed E-state index contributed by atoms with van der Waals surface area (Å²) in [4.78, 5) is 17.6. The van der Waals surface area contributed by atoms with Crippen molar-refractivity contribution in [1.29, 1.82) is 0 Å². The summed E-state index contributed by atoms with van der Waals surface area (Å²) in [6.45, 7) is 5.96. The summed E-state index contributed by atoms with van der Waals surface area (Å²) < 4.78 is 0. The first-order valence-corrected chi connectivity index (χ1v) is 10.1. The summed E-state index contributed by atoms with van der Waals surface area (Å²) in [7, 11) is 2.16. The van der Waals surface area contributed by atoms with Gasteiger partial charge < -0.3 is 10.2 Å². The van der Waals surface area contributed by atoms with Crippen LogP contribution in [0.15, 0.2) is 42.5 Å². The van der Waals surface area contributed by atoms with Gasteiger partial charge in [-0.15, -0.1) is 0 Å². The molecule has 0 bridgehead atoms. The molecule has 27 heavy (non-hydrogen) atoms. The second-order valence-electron chi connectivity index (χ2n) is 7.84. The van der Waals surface area contributed by atoms with Crippen molar-refractivity contribution in [3.05, 3.63) is 64.7 Å². The standard InChI is InChI=1S/C23H29N3O/c1-17-7-3-4-8-20(17)23(27)24-16-22(26-12-5-6-13-26)18-9-10-21-19(15-18)11-14-25(21)2/h3-4,7-10,15,22H,5-6,11-14,16H2,1-2H3,(H,24,27)/t22-/m1/s1. The van der Waals surface area contributed by atoms with Crippen molar-refractivity contribution in [2.75, 3.05) is 38.1 Å². The number of rotatable bonds is 5. The van der Waals surface area contributed by atoms with Crippen LogP contribution in [0.3, 0.4) is 0 Å². The minimum atomic E-state index is 0.0261. The maximum atomic E-state index is 12.7. The lowest BCUT2D eigenvalue weighted by atomic mass is 10.0. The number of fused-ring (bicyclic) bond motifs is 1. The molecule has 1 amide bonds. The number of nitrogens with one attached hydrogen (secondary N) is 1. The van der Waals surface area contributed by atoms with Gasteiger partial charge in [0.15, 0.2) is 0 Å². The predicted molar refractivity (Wildman–Crippen MR) is 110 cm³/mol. The maximum Gasteiger partial charge on any atom is 0.251 e. The molecule has 0 unspecified atom stereocenters. The Morgan fingerprint density at radius 3 is 2.67 bits per heavy atom. The molecule has 1 saturated heterocycles. The van der Waals surface area contributed by atoms with Crippen molar-refractivity contribution in [2.45, 2.75) is 32.2 Å². The van der Waals surface area contributed by atoms with E-state index in [0.717, 1.165) is 37.2 Å². The van der Waals surface area contributed by atoms with E-state index in [4.69, 9.17) is 0 Å². The van der Waals surface area contributed by atoms with Crippen molar-refractivity contribution >= 4 is 11.6 Å². The fourth-order valence-corrected chi connectivity index (χ4v) is 4.42. The SMILES string of the molecule is Cc1ccccc1C(=O)NC[C@H](c1ccc2c(c1)CCN2C)N1CCCC1. The topological polar surface area (TPSA) is 35.6 Å². The third-order valence-corrected chi connectivity index (χ3v) is 6.04. The highest BCUT2D eigenvalue weighted by Gasteiger charge is 2.26. The maximum absolute atomic E-state index is 12.7. The summed E-state index contributed by atoms with van der Waals surface area (Å²) in [5.41, 5.74) is 5.91. The van der Waals surface area contributed by atoms with E-state index >= 15 is 0 Å². The number of benzene rings is 2. The highest BCUT2D eigenvalue weighted by Crippen LogP contribution is 2.32. The van der Waals surface area contributed by atoms with Crippen LogP contribution < -0.4 is 10.2 Å². The van der Waals surface area contributed by atoms with Crippen molar-refractivity contribution in [1.82, 2.24) is 10.2 Å². The molecule has 0 aliphatic carbocycles. The van der Waals surface area contributed by atoms with Crippen LogP contribution in [0.4, 0.5) is 5.69 Å². The number of hydrogen-bond donors (Lipinski definition) is 1. The zero-order valence-corrected chi connectivity index (χ0v) is 16.4. The molecule has 142 valence electrons. The van der Waals surface area contributed by atoms with Gasteiger partial charge in [0.2, 0.25) is 0 Å².